The highest BCUT2D eigenvalue weighted by Gasteiger charge is 2.26. The van der Waals surface area contributed by atoms with Gasteiger partial charge in [0.25, 0.3) is 0 Å². The van der Waals surface area contributed by atoms with E-state index in [1.165, 1.54) is 0 Å². The molecule has 0 heterocycles. The fourth-order valence-electron chi connectivity index (χ4n) is 2.11. The van der Waals surface area contributed by atoms with Gasteiger partial charge in [0.05, 0.1) is 0 Å². The molecule has 1 atom stereocenters. The van der Waals surface area contributed by atoms with E-state index in [0.29, 0.717) is 29.3 Å². The number of benzene rings is 1. The maximum absolute atomic E-state index is 11.7. The smallest absolute Gasteiger partial charge is 0.165 e. The van der Waals surface area contributed by atoms with Gasteiger partial charge in [-0.25, -0.2) is 0 Å². The van der Waals surface area contributed by atoms with Crippen LogP contribution in [-0.4, -0.2) is 5.78 Å². The number of Topliss-reactive ketones (excluding diaryl/α,β-unsaturated/α-hetero) is 1. The Balaban J connectivity index is 2.71. The van der Waals surface area contributed by atoms with Crippen molar-refractivity contribution in [1.82, 2.24) is 0 Å². The van der Waals surface area contributed by atoms with Gasteiger partial charge in [-0.15, -0.1) is 0 Å². The van der Waals surface area contributed by atoms with Crippen molar-refractivity contribution in [3.05, 3.63) is 23.3 Å². The molecule has 14 heavy (non-hydrogen) atoms. The van der Waals surface area contributed by atoms with Gasteiger partial charge in [-0.05, 0) is 30.0 Å². The van der Waals surface area contributed by atoms with Gasteiger partial charge in [0, 0.05) is 23.4 Å². The summed E-state index contributed by atoms with van der Waals surface area (Å²) in [6, 6.07) is 3.49. The summed E-state index contributed by atoms with van der Waals surface area (Å²) >= 11 is 0. The summed E-state index contributed by atoms with van der Waals surface area (Å²) in [6.45, 7) is 2.08. The summed E-state index contributed by atoms with van der Waals surface area (Å²) in [4.78, 5) is 11.7. The fraction of sp³-hybridized carbons (Fsp3) is 0.364. The van der Waals surface area contributed by atoms with Crippen molar-refractivity contribution < 1.29 is 4.79 Å². The molecule has 1 unspecified atom stereocenters. The first-order valence-corrected chi connectivity index (χ1v) is 4.82. The minimum Gasteiger partial charge on any atom is -0.398 e. The highest BCUT2D eigenvalue weighted by atomic mass is 16.1. The first-order chi connectivity index (χ1) is 6.61. The molecule has 0 aromatic heterocycles. The van der Waals surface area contributed by atoms with Crippen LogP contribution in [0, 0.1) is 0 Å². The highest BCUT2D eigenvalue weighted by Crippen LogP contribution is 2.37. The molecule has 0 bridgehead atoms. The lowest BCUT2D eigenvalue weighted by atomic mass is 9.81. The fourth-order valence-corrected chi connectivity index (χ4v) is 2.11. The quantitative estimate of drug-likeness (QED) is 0.614. The number of nitrogens with two attached hydrogens (primary N) is 2. The molecule has 0 aliphatic heterocycles. The van der Waals surface area contributed by atoms with Crippen LogP contribution in [0.15, 0.2) is 12.1 Å². The van der Waals surface area contributed by atoms with Gasteiger partial charge in [0.2, 0.25) is 0 Å². The van der Waals surface area contributed by atoms with E-state index in [2.05, 4.69) is 6.92 Å². The average Bonchev–Trinajstić information content (AvgIpc) is 2.16. The molecule has 0 spiro atoms. The number of carbonyl (C=O) groups is 1. The van der Waals surface area contributed by atoms with Gasteiger partial charge >= 0.3 is 0 Å². The third kappa shape index (κ3) is 1.16. The molecule has 2 rings (SSSR count). The van der Waals surface area contributed by atoms with Crippen molar-refractivity contribution in [1.29, 1.82) is 0 Å². The number of anilines is 2. The number of fused-ring (bicyclic) bond motifs is 1. The first kappa shape index (κ1) is 9.06. The minimum absolute atomic E-state index is 0.128. The molecule has 0 amide bonds. The third-order valence-electron chi connectivity index (χ3n) is 2.89. The molecule has 74 valence electrons. The monoisotopic (exact) mass is 190 g/mol. The van der Waals surface area contributed by atoms with E-state index in [0.717, 1.165) is 12.0 Å². The maximum atomic E-state index is 11.7. The largest absolute Gasteiger partial charge is 0.398 e. The molecular formula is C11H14N2O. The number of hydrogen-bond acceptors (Lipinski definition) is 3. The van der Waals surface area contributed by atoms with Crippen molar-refractivity contribution in [2.24, 2.45) is 0 Å². The predicted molar refractivity (Wildman–Crippen MR) is 57.2 cm³/mol. The topological polar surface area (TPSA) is 69.1 Å². The second-order valence-corrected chi connectivity index (χ2v) is 3.90. The van der Waals surface area contributed by atoms with E-state index >= 15 is 0 Å². The van der Waals surface area contributed by atoms with Crippen LogP contribution < -0.4 is 11.5 Å². The van der Waals surface area contributed by atoms with Gasteiger partial charge < -0.3 is 11.5 Å². The predicted octanol–water partition coefficient (Wildman–Crippen LogP) is 1.93. The number of carbonyl (C=O) groups excluding carboxylic acids is 1. The number of nitrogen functional groups attached to an aromatic ring is 2. The van der Waals surface area contributed by atoms with Crippen LogP contribution >= 0.6 is 0 Å². The van der Waals surface area contributed by atoms with Crippen LogP contribution in [0.2, 0.25) is 0 Å². The summed E-state index contributed by atoms with van der Waals surface area (Å²) in [5.74, 6) is 0.467. The molecule has 1 aromatic carbocycles. The van der Waals surface area contributed by atoms with Crippen molar-refractivity contribution in [2.75, 3.05) is 11.5 Å². The number of ketones is 1. The molecule has 3 nitrogen and oxygen atoms in total. The normalized spacial score (nSPS) is 20.6. The number of hydrogen-bond donors (Lipinski definition) is 2. The zero-order valence-corrected chi connectivity index (χ0v) is 8.21. The van der Waals surface area contributed by atoms with Crippen molar-refractivity contribution in [2.45, 2.75) is 25.7 Å². The lowest BCUT2D eigenvalue weighted by molar-refractivity contribution is 0.0969. The molecule has 0 radical (unpaired) electrons. The van der Waals surface area contributed by atoms with Crippen LogP contribution in [0.4, 0.5) is 11.4 Å². The summed E-state index contributed by atoms with van der Waals surface area (Å²) in [7, 11) is 0. The highest BCUT2D eigenvalue weighted by molar-refractivity contribution is 6.04. The Labute approximate surface area is 83.1 Å². The maximum Gasteiger partial charge on any atom is 0.165 e. The van der Waals surface area contributed by atoms with Gasteiger partial charge in [-0.1, -0.05) is 6.92 Å². The van der Waals surface area contributed by atoms with E-state index in [4.69, 9.17) is 11.5 Å². The van der Waals surface area contributed by atoms with Gasteiger partial charge in [-0.2, -0.15) is 0 Å². The van der Waals surface area contributed by atoms with Gasteiger partial charge in [0.1, 0.15) is 0 Å². The molecule has 0 fully saturated rings. The Hall–Kier alpha value is -1.51. The summed E-state index contributed by atoms with van der Waals surface area (Å²) < 4.78 is 0. The third-order valence-corrected chi connectivity index (χ3v) is 2.89. The molecule has 1 aliphatic rings. The van der Waals surface area contributed by atoms with Crippen molar-refractivity contribution >= 4 is 17.2 Å². The first-order valence-electron chi connectivity index (χ1n) is 4.82. The second kappa shape index (κ2) is 3.01. The minimum atomic E-state index is 0.128. The number of rotatable bonds is 0. The van der Waals surface area contributed by atoms with E-state index in [-0.39, 0.29) is 5.78 Å². The average molecular weight is 190 g/mol. The van der Waals surface area contributed by atoms with Gasteiger partial charge in [-0.3, -0.25) is 4.79 Å². The van der Waals surface area contributed by atoms with Crippen LogP contribution in [0.5, 0.6) is 0 Å². The van der Waals surface area contributed by atoms with Crippen LogP contribution in [-0.2, 0) is 0 Å². The zero-order chi connectivity index (χ0) is 10.3. The Bertz CT molecular complexity index is 399. The zero-order valence-electron chi connectivity index (χ0n) is 8.21. The Kier molecular flexibility index (Phi) is 1.95. The summed E-state index contributed by atoms with van der Waals surface area (Å²) in [5.41, 5.74) is 14.5. The van der Waals surface area contributed by atoms with E-state index in [1.54, 1.807) is 12.1 Å². The molecule has 1 aliphatic carbocycles. The standard InChI is InChI=1S/C11H14N2O/c1-6-2-5-9(14)11-8(13)4-3-7(12)10(6)11/h3-4,6H,2,5,12-13H2,1H3. The van der Waals surface area contributed by atoms with Gasteiger partial charge in [0.15, 0.2) is 5.78 Å². The lowest BCUT2D eigenvalue weighted by Gasteiger charge is -2.24. The van der Waals surface area contributed by atoms with Crippen molar-refractivity contribution in [3.8, 4) is 0 Å². The van der Waals surface area contributed by atoms with E-state index in [9.17, 15) is 4.79 Å². The molecule has 0 saturated heterocycles. The summed E-state index contributed by atoms with van der Waals surface area (Å²) in [6.07, 6.45) is 1.46. The summed E-state index contributed by atoms with van der Waals surface area (Å²) in [5, 5.41) is 0. The van der Waals surface area contributed by atoms with Crippen LogP contribution in [0.25, 0.3) is 0 Å². The second-order valence-electron chi connectivity index (χ2n) is 3.90. The van der Waals surface area contributed by atoms with E-state index in [1.807, 2.05) is 0 Å². The Morgan fingerprint density at radius 1 is 1.29 bits per heavy atom. The lowest BCUT2D eigenvalue weighted by Crippen LogP contribution is -2.17. The Morgan fingerprint density at radius 3 is 2.57 bits per heavy atom. The molecule has 0 saturated carbocycles. The van der Waals surface area contributed by atoms with Crippen LogP contribution in [0.1, 0.15) is 41.6 Å². The Morgan fingerprint density at radius 2 is 1.93 bits per heavy atom. The molecular weight excluding hydrogens is 176 g/mol. The van der Waals surface area contributed by atoms with E-state index < -0.39 is 0 Å². The molecule has 1 aromatic rings. The molecule has 4 N–H and O–H groups in total. The van der Waals surface area contributed by atoms with Crippen molar-refractivity contribution in [3.63, 3.8) is 0 Å². The SMILES string of the molecule is CC1CCC(=O)c2c(N)ccc(N)c21. The van der Waals surface area contributed by atoms with Crippen LogP contribution in [0.3, 0.4) is 0 Å². The molecule has 3 heteroatoms.